The summed E-state index contributed by atoms with van der Waals surface area (Å²) in [5.74, 6) is -0.890. The number of anilines is 1. The van der Waals surface area contributed by atoms with E-state index in [1.165, 1.54) is 0 Å². The van der Waals surface area contributed by atoms with Gasteiger partial charge < -0.3 is 16.0 Å². The SMILES string of the molecule is CSc1ccccc1NC(=O)CN(C)CC(=O)N1CCC[C@H](C(N)=O)C1. The molecule has 0 aromatic heterocycles. The molecular weight excluding hydrogens is 352 g/mol. The minimum absolute atomic E-state index is 0.0873. The second kappa shape index (κ2) is 9.59. The summed E-state index contributed by atoms with van der Waals surface area (Å²) in [7, 11) is 1.73. The molecular formula is C18H26N4O3S. The number of benzene rings is 1. The van der Waals surface area contributed by atoms with E-state index >= 15 is 0 Å². The van der Waals surface area contributed by atoms with Gasteiger partial charge in [0.05, 0.1) is 24.7 Å². The topological polar surface area (TPSA) is 95.7 Å². The molecule has 0 unspecified atom stereocenters. The molecule has 1 saturated heterocycles. The molecule has 1 aromatic carbocycles. The summed E-state index contributed by atoms with van der Waals surface area (Å²) in [6.45, 7) is 1.24. The maximum Gasteiger partial charge on any atom is 0.238 e. The number of para-hydroxylation sites is 1. The normalized spacial score (nSPS) is 17.2. The molecule has 1 fully saturated rings. The van der Waals surface area contributed by atoms with Crippen LogP contribution in [0.4, 0.5) is 5.69 Å². The van der Waals surface area contributed by atoms with Crippen LogP contribution < -0.4 is 11.1 Å². The molecule has 2 rings (SSSR count). The van der Waals surface area contributed by atoms with Crippen molar-refractivity contribution in [1.82, 2.24) is 9.80 Å². The number of thioether (sulfide) groups is 1. The number of amides is 3. The minimum atomic E-state index is -0.359. The lowest BCUT2D eigenvalue weighted by molar-refractivity contribution is -0.135. The van der Waals surface area contributed by atoms with Crippen LogP contribution in [0.3, 0.4) is 0 Å². The Morgan fingerprint density at radius 2 is 2.04 bits per heavy atom. The van der Waals surface area contributed by atoms with Crippen LogP contribution in [0.5, 0.6) is 0 Å². The highest BCUT2D eigenvalue weighted by atomic mass is 32.2. The number of nitrogens with two attached hydrogens (primary N) is 1. The van der Waals surface area contributed by atoms with Crippen LogP contribution in [0.2, 0.25) is 0 Å². The number of nitrogens with one attached hydrogen (secondary N) is 1. The van der Waals surface area contributed by atoms with E-state index in [9.17, 15) is 14.4 Å². The number of hydrogen-bond acceptors (Lipinski definition) is 5. The van der Waals surface area contributed by atoms with Gasteiger partial charge in [0.25, 0.3) is 0 Å². The van der Waals surface area contributed by atoms with E-state index in [2.05, 4.69) is 5.32 Å². The fourth-order valence-corrected chi connectivity index (χ4v) is 3.56. The molecule has 0 saturated carbocycles. The van der Waals surface area contributed by atoms with Crippen molar-refractivity contribution in [3.05, 3.63) is 24.3 Å². The van der Waals surface area contributed by atoms with Gasteiger partial charge in [0.1, 0.15) is 0 Å². The van der Waals surface area contributed by atoms with Gasteiger partial charge in [-0.2, -0.15) is 0 Å². The molecule has 7 nitrogen and oxygen atoms in total. The molecule has 142 valence electrons. The first-order valence-corrected chi connectivity index (χ1v) is 9.81. The Hall–Kier alpha value is -2.06. The molecule has 3 amide bonds. The Morgan fingerprint density at radius 1 is 1.31 bits per heavy atom. The highest BCUT2D eigenvalue weighted by Gasteiger charge is 2.27. The van der Waals surface area contributed by atoms with Gasteiger partial charge in [0.2, 0.25) is 17.7 Å². The lowest BCUT2D eigenvalue weighted by Gasteiger charge is -2.32. The summed E-state index contributed by atoms with van der Waals surface area (Å²) < 4.78 is 0. The predicted octanol–water partition coefficient (Wildman–Crippen LogP) is 1.00. The Morgan fingerprint density at radius 3 is 2.73 bits per heavy atom. The van der Waals surface area contributed by atoms with E-state index in [1.54, 1.807) is 28.6 Å². The second-order valence-electron chi connectivity index (χ2n) is 6.50. The molecule has 0 aliphatic carbocycles. The fourth-order valence-electron chi connectivity index (χ4n) is 3.01. The maximum atomic E-state index is 12.4. The monoisotopic (exact) mass is 378 g/mol. The molecule has 1 heterocycles. The summed E-state index contributed by atoms with van der Waals surface area (Å²) in [5, 5.41) is 2.88. The average Bonchev–Trinajstić information content (AvgIpc) is 2.61. The quantitative estimate of drug-likeness (QED) is 0.690. The van der Waals surface area contributed by atoms with Crippen molar-refractivity contribution < 1.29 is 14.4 Å². The number of piperidine rings is 1. The zero-order valence-corrected chi connectivity index (χ0v) is 16.1. The number of carbonyl (C=O) groups is 3. The van der Waals surface area contributed by atoms with Gasteiger partial charge in [-0.15, -0.1) is 11.8 Å². The number of hydrogen-bond donors (Lipinski definition) is 2. The Balaban J connectivity index is 1.83. The first-order chi connectivity index (χ1) is 12.4. The van der Waals surface area contributed by atoms with Crippen molar-refractivity contribution in [2.45, 2.75) is 17.7 Å². The van der Waals surface area contributed by atoms with E-state index in [0.717, 1.165) is 23.4 Å². The van der Waals surface area contributed by atoms with E-state index in [4.69, 9.17) is 5.73 Å². The number of rotatable bonds is 7. The molecule has 1 aromatic rings. The number of carbonyl (C=O) groups excluding carboxylic acids is 3. The number of likely N-dealkylation sites (tertiary alicyclic amines) is 1. The highest BCUT2D eigenvalue weighted by molar-refractivity contribution is 7.98. The van der Waals surface area contributed by atoms with Crippen molar-refractivity contribution in [3.63, 3.8) is 0 Å². The van der Waals surface area contributed by atoms with Gasteiger partial charge in [-0.1, -0.05) is 12.1 Å². The van der Waals surface area contributed by atoms with Crippen molar-refractivity contribution in [2.24, 2.45) is 11.7 Å². The van der Waals surface area contributed by atoms with Crippen LogP contribution in [-0.4, -0.2) is 67.0 Å². The molecule has 8 heteroatoms. The average molecular weight is 378 g/mol. The molecule has 1 aliphatic rings. The standard InChI is InChI=1S/C18H26N4O3S/c1-21(11-16(23)20-14-7-3-4-8-15(14)26-2)12-17(24)22-9-5-6-13(10-22)18(19)25/h3-4,7-8,13H,5-6,9-12H2,1-2H3,(H2,19,25)(H,20,23)/t13-/m0/s1. The van der Waals surface area contributed by atoms with Crippen LogP contribution in [0.1, 0.15) is 12.8 Å². The Bertz CT molecular complexity index is 668. The second-order valence-corrected chi connectivity index (χ2v) is 7.35. The number of likely N-dealkylation sites (N-methyl/N-ethyl adjacent to an activating group) is 1. The molecule has 3 N–H and O–H groups in total. The molecule has 1 aliphatic heterocycles. The van der Waals surface area contributed by atoms with Crippen molar-refractivity contribution in [1.29, 1.82) is 0 Å². The van der Waals surface area contributed by atoms with E-state index in [0.29, 0.717) is 13.1 Å². The van der Waals surface area contributed by atoms with Gasteiger partial charge in [-0.25, -0.2) is 0 Å². The van der Waals surface area contributed by atoms with Crippen molar-refractivity contribution in [3.8, 4) is 0 Å². The van der Waals surface area contributed by atoms with Crippen LogP contribution in [0.15, 0.2) is 29.2 Å². The fraction of sp³-hybridized carbons (Fsp3) is 0.500. The maximum absolute atomic E-state index is 12.4. The minimum Gasteiger partial charge on any atom is -0.369 e. The smallest absolute Gasteiger partial charge is 0.238 e. The van der Waals surface area contributed by atoms with Gasteiger partial charge >= 0.3 is 0 Å². The molecule has 0 bridgehead atoms. The predicted molar refractivity (Wildman–Crippen MR) is 103 cm³/mol. The summed E-state index contributed by atoms with van der Waals surface area (Å²) in [6, 6.07) is 7.59. The summed E-state index contributed by atoms with van der Waals surface area (Å²) in [4.78, 5) is 40.3. The third kappa shape index (κ3) is 5.74. The van der Waals surface area contributed by atoms with Crippen LogP contribution in [0, 0.1) is 5.92 Å². The summed E-state index contributed by atoms with van der Waals surface area (Å²) >= 11 is 1.56. The summed E-state index contributed by atoms with van der Waals surface area (Å²) in [5.41, 5.74) is 6.12. The summed E-state index contributed by atoms with van der Waals surface area (Å²) in [6.07, 6.45) is 3.45. The van der Waals surface area contributed by atoms with Crippen molar-refractivity contribution in [2.75, 3.05) is 44.8 Å². The third-order valence-corrected chi connectivity index (χ3v) is 5.17. The van der Waals surface area contributed by atoms with Gasteiger partial charge in [0.15, 0.2) is 0 Å². The van der Waals surface area contributed by atoms with E-state index in [1.807, 2.05) is 30.5 Å². The molecule has 0 spiro atoms. The number of primary amides is 1. The van der Waals surface area contributed by atoms with Crippen LogP contribution in [0.25, 0.3) is 0 Å². The first-order valence-electron chi connectivity index (χ1n) is 8.59. The lowest BCUT2D eigenvalue weighted by atomic mass is 9.97. The molecule has 1 atom stereocenters. The van der Waals surface area contributed by atoms with Crippen molar-refractivity contribution >= 4 is 35.2 Å². The number of nitrogens with zero attached hydrogens (tertiary/aromatic N) is 2. The van der Waals surface area contributed by atoms with Gasteiger partial charge in [-0.05, 0) is 38.3 Å². The Kier molecular flexibility index (Phi) is 7.47. The highest BCUT2D eigenvalue weighted by Crippen LogP contribution is 2.24. The zero-order chi connectivity index (χ0) is 19.1. The molecule has 0 radical (unpaired) electrons. The first kappa shape index (κ1) is 20.3. The molecule has 26 heavy (non-hydrogen) atoms. The van der Waals surface area contributed by atoms with E-state index in [-0.39, 0.29) is 36.7 Å². The van der Waals surface area contributed by atoms with Gasteiger partial charge in [0, 0.05) is 18.0 Å². The lowest BCUT2D eigenvalue weighted by Crippen LogP contribution is -2.47. The van der Waals surface area contributed by atoms with Crippen LogP contribution in [-0.2, 0) is 14.4 Å². The third-order valence-electron chi connectivity index (χ3n) is 4.38. The zero-order valence-electron chi connectivity index (χ0n) is 15.2. The largest absolute Gasteiger partial charge is 0.369 e. The van der Waals surface area contributed by atoms with E-state index < -0.39 is 0 Å². The van der Waals surface area contributed by atoms with Crippen LogP contribution >= 0.6 is 11.8 Å². The van der Waals surface area contributed by atoms with Gasteiger partial charge in [-0.3, -0.25) is 19.3 Å². The Labute approximate surface area is 158 Å².